The molecule has 1 aliphatic rings. The maximum absolute atomic E-state index is 13.3. The van der Waals surface area contributed by atoms with E-state index in [1.54, 1.807) is 36.8 Å². The molecule has 0 radical (unpaired) electrons. The Morgan fingerprint density at radius 3 is 2.53 bits per heavy atom. The van der Waals surface area contributed by atoms with Crippen molar-refractivity contribution in [2.75, 3.05) is 14.2 Å². The number of benzene rings is 1. The molecule has 0 bridgehead atoms. The lowest BCUT2D eigenvalue weighted by Crippen LogP contribution is -2.17. The number of methoxy groups -OCH3 is 2. The van der Waals surface area contributed by atoms with E-state index in [0.29, 0.717) is 28.7 Å². The van der Waals surface area contributed by atoms with Crippen LogP contribution in [0, 0.1) is 4.77 Å². The van der Waals surface area contributed by atoms with E-state index in [9.17, 15) is 13.2 Å². The molecule has 1 saturated carbocycles. The number of hydrogen-bond donors (Lipinski definition) is 1. The molecule has 2 heterocycles. The zero-order valence-electron chi connectivity index (χ0n) is 16.5. The van der Waals surface area contributed by atoms with E-state index in [-0.39, 0.29) is 10.7 Å². The van der Waals surface area contributed by atoms with Crippen LogP contribution in [0.5, 0.6) is 11.5 Å². The van der Waals surface area contributed by atoms with E-state index < -0.39 is 17.9 Å². The van der Waals surface area contributed by atoms with Crippen molar-refractivity contribution in [3.8, 4) is 17.2 Å². The molecule has 1 atom stereocenters. The lowest BCUT2D eigenvalue weighted by atomic mass is 10.2. The Bertz CT molecular complexity index is 1130. The lowest BCUT2D eigenvalue weighted by Gasteiger charge is -2.18. The number of ether oxygens (including phenoxy) is 2. The molecule has 0 amide bonds. The number of halogens is 3. The van der Waals surface area contributed by atoms with Gasteiger partial charge in [0.1, 0.15) is 17.5 Å². The third kappa shape index (κ3) is 3.57. The van der Waals surface area contributed by atoms with E-state index >= 15 is 0 Å². The van der Waals surface area contributed by atoms with E-state index in [2.05, 4.69) is 15.3 Å². The molecule has 4 rings (SSSR count). The molecule has 1 N–H and O–H groups in total. The van der Waals surface area contributed by atoms with E-state index in [4.69, 9.17) is 21.7 Å². The van der Waals surface area contributed by atoms with E-state index in [1.165, 1.54) is 11.8 Å². The van der Waals surface area contributed by atoms with Crippen molar-refractivity contribution < 1.29 is 22.6 Å². The van der Waals surface area contributed by atoms with Crippen LogP contribution in [0.2, 0.25) is 0 Å². The van der Waals surface area contributed by atoms with Crippen molar-refractivity contribution in [2.45, 2.75) is 37.9 Å². The minimum atomic E-state index is -4.52. The number of H-pyrrole nitrogens is 1. The summed E-state index contributed by atoms with van der Waals surface area (Å²) in [7, 11) is 3.06. The molecule has 1 aliphatic carbocycles. The van der Waals surface area contributed by atoms with Gasteiger partial charge in [-0.2, -0.15) is 23.4 Å². The van der Waals surface area contributed by atoms with Gasteiger partial charge in [-0.3, -0.25) is 14.3 Å². The van der Waals surface area contributed by atoms with Gasteiger partial charge in [-0.05, 0) is 50.2 Å². The van der Waals surface area contributed by atoms with Gasteiger partial charge in [-0.1, -0.05) is 0 Å². The SMILES string of the molecule is COc1ccc(-n2c([C@@H](C)n3nc(C(F)(F)F)cc3C3CC3)n[nH]c2=S)c(OC)c1. The third-order valence-corrected chi connectivity index (χ3v) is 5.39. The van der Waals surface area contributed by atoms with Gasteiger partial charge in [-0.15, -0.1) is 0 Å². The molecule has 7 nitrogen and oxygen atoms in total. The fraction of sp³-hybridized carbons (Fsp3) is 0.421. The lowest BCUT2D eigenvalue weighted by molar-refractivity contribution is -0.141. The van der Waals surface area contributed by atoms with Gasteiger partial charge in [0.05, 0.1) is 19.9 Å². The summed E-state index contributed by atoms with van der Waals surface area (Å²) in [5.41, 5.74) is 0.242. The Morgan fingerprint density at radius 2 is 1.93 bits per heavy atom. The van der Waals surface area contributed by atoms with Crippen LogP contribution >= 0.6 is 12.2 Å². The molecule has 160 valence electrons. The van der Waals surface area contributed by atoms with Gasteiger partial charge in [0.25, 0.3) is 0 Å². The average molecular weight is 439 g/mol. The second-order valence-electron chi connectivity index (χ2n) is 7.11. The smallest absolute Gasteiger partial charge is 0.435 e. The third-order valence-electron chi connectivity index (χ3n) is 5.12. The number of nitrogens with one attached hydrogen (secondary N) is 1. The highest BCUT2D eigenvalue weighted by Gasteiger charge is 2.39. The normalized spacial score (nSPS) is 15.3. The fourth-order valence-electron chi connectivity index (χ4n) is 3.44. The number of nitrogens with zero attached hydrogens (tertiary/aromatic N) is 4. The highest BCUT2D eigenvalue weighted by molar-refractivity contribution is 7.71. The Balaban J connectivity index is 1.83. The maximum Gasteiger partial charge on any atom is 0.435 e. The van der Waals surface area contributed by atoms with Crippen LogP contribution < -0.4 is 9.47 Å². The summed E-state index contributed by atoms with van der Waals surface area (Å²) in [4.78, 5) is 0. The fourth-order valence-corrected chi connectivity index (χ4v) is 3.68. The predicted molar refractivity (Wildman–Crippen MR) is 105 cm³/mol. The highest BCUT2D eigenvalue weighted by atomic mass is 32.1. The van der Waals surface area contributed by atoms with Crippen molar-refractivity contribution in [3.63, 3.8) is 0 Å². The number of aromatic nitrogens is 5. The average Bonchev–Trinajstić information content (AvgIpc) is 3.34. The standard InChI is InChI=1S/C19H20F3N5O2S/c1-10(27-14(11-4-5-11)9-16(25-27)19(20,21)22)17-23-24-18(30)26(17)13-7-6-12(28-2)8-15(13)29-3/h6-11H,4-5H2,1-3H3,(H,24,30)/t10-/m1/s1. The van der Waals surface area contributed by atoms with Crippen LogP contribution in [0.3, 0.4) is 0 Å². The molecule has 2 aromatic heterocycles. The second kappa shape index (κ2) is 7.46. The molecule has 1 fully saturated rings. The quantitative estimate of drug-likeness (QED) is 0.567. The first-order chi connectivity index (χ1) is 14.2. The number of alkyl halides is 3. The molecular weight excluding hydrogens is 419 g/mol. The molecule has 0 aliphatic heterocycles. The first-order valence-corrected chi connectivity index (χ1v) is 9.71. The number of rotatable bonds is 6. The first-order valence-electron chi connectivity index (χ1n) is 9.31. The largest absolute Gasteiger partial charge is 0.497 e. The van der Waals surface area contributed by atoms with Gasteiger partial charge in [0.15, 0.2) is 16.3 Å². The monoisotopic (exact) mass is 439 g/mol. The molecule has 3 aromatic rings. The zero-order chi connectivity index (χ0) is 21.6. The van der Waals surface area contributed by atoms with Crippen LogP contribution in [0.1, 0.15) is 48.9 Å². The summed E-state index contributed by atoms with van der Waals surface area (Å²) in [6, 6.07) is 5.73. The second-order valence-corrected chi connectivity index (χ2v) is 7.49. The van der Waals surface area contributed by atoms with Crippen LogP contribution in [0.4, 0.5) is 13.2 Å². The molecule has 30 heavy (non-hydrogen) atoms. The molecule has 11 heteroatoms. The Labute approximate surface area is 175 Å². The zero-order valence-corrected chi connectivity index (χ0v) is 17.3. The summed E-state index contributed by atoms with van der Waals surface area (Å²) in [5, 5.41) is 10.9. The Kier molecular flexibility index (Phi) is 5.08. The topological polar surface area (TPSA) is 69.9 Å². The predicted octanol–water partition coefficient (Wildman–Crippen LogP) is 4.65. The van der Waals surface area contributed by atoms with Gasteiger partial charge < -0.3 is 9.47 Å². The van der Waals surface area contributed by atoms with Gasteiger partial charge in [-0.25, -0.2) is 0 Å². The van der Waals surface area contributed by atoms with Crippen molar-refractivity contribution in [3.05, 3.63) is 46.2 Å². The number of aromatic amines is 1. The first kappa shape index (κ1) is 20.5. The maximum atomic E-state index is 13.3. The van der Waals surface area contributed by atoms with Crippen molar-refractivity contribution in [1.29, 1.82) is 0 Å². The van der Waals surface area contributed by atoms with Crippen LogP contribution in [-0.2, 0) is 6.18 Å². The van der Waals surface area contributed by atoms with E-state index in [1.807, 2.05) is 0 Å². The summed E-state index contributed by atoms with van der Waals surface area (Å²) in [5.74, 6) is 1.57. The Hall–Kier alpha value is -2.82. The summed E-state index contributed by atoms with van der Waals surface area (Å²) in [6.45, 7) is 1.75. The molecular formula is C19H20F3N5O2S. The van der Waals surface area contributed by atoms with Crippen LogP contribution in [0.15, 0.2) is 24.3 Å². The molecule has 0 saturated heterocycles. The van der Waals surface area contributed by atoms with Crippen LogP contribution in [-0.4, -0.2) is 38.8 Å². The van der Waals surface area contributed by atoms with Crippen LogP contribution in [0.25, 0.3) is 5.69 Å². The summed E-state index contributed by atoms with van der Waals surface area (Å²) >= 11 is 5.40. The van der Waals surface area contributed by atoms with Crippen molar-refractivity contribution >= 4 is 12.2 Å². The highest BCUT2D eigenvalue weighted by Crippen LogP contribution is 2.43. The Morgan fingerprint density at radius 1 is 1.20 bits per heavy atom. The molecule has 1 aromatic carbocycles. The summed E-state index contributed by atoms with van der Waals surface area (Å²) in [6.07, 6.45) is -2.83. The minimum absolute atomic E-state index is 0.0712. The van der Waals surface area contributed by atoms with Gasteiger partial charge in [0.2, 0.25) is 0 Å². The molecule has 0 spiro atoms. The van der Waals surface area contributed by atoms with Crippen molar-refractivity contribution in [1.82, 2.24) is 24.5 Å². The van der Waals surface area contributed by atoms with Gasteiger partial charge in [0, 0.05) is 17.7 Å². The van der Waals surface area contributed by atoms with Crippen molar-refractivity contribution in [2.24, 2.45) is 0 Å². The summed E-state index contributed by atoms with van der Waals surface area (Å²) < 4.78 is 53.9. The number of hydrogen-bond acceptors (Lipinski definition) is 5. The minimum Gasteiger partial charge on any atom is -0.497 e. The van der Waals surface area contributed by atoms with Gasteiger partial charge >= 0.3 is 6.18 Å². The molecule has 0 unspecified atom stereocenters. The van der Waals surface area contributed by atoms with E-state index in [0.717, 1.165) is 18.9 Å².